The van der Waals surface area contributed by atoms with Crippen molar-refractivity contribution < 1.29 is 0 Å². The van der Waals surface area contributed by atoms with Crippen LogP contribution < -0.4 is 5.73 Å². The molecule has 0 radical (unpaired) electrons. The number of hydrogen-bond acceptors (Lipinski definition) is 3. The highest BCUT2D eigenvalue weighted by Gasteiger charge is 2.49. The van der Waals surface area contributed by atoms with Crippen molar-refractivity contribution in [1.29, 1.82) is 5.26 Å². The van der Waals surface area contributed by atoms with Crippen LogP contribution in [0.3, 0.4) is 0 Å². The zero-order valence-electron chi connectivity index (χ0n) is 13.6. The molecule has 2 N–H and O–H groups in total. The van der Waals surface area contributed by atoms with Gasteiger partial charge in [0.1, 0.15) is 6.07 Å². The zero-order chi connectivity index (χ0) is 15.5. The van der Waals surface area contributed by atoms with E-state index in [4.69, 9.17) is 5.73 Å². The summed E-state index contributed by atoms with van der Waals surface area (Å²) in [5, 5.41) is 9.30. The zero-order valence-corrected chi connectivity index (χ0v) is 13.6. The third-order valence-electron chi connectivity index (χ3n) is 6.60. The van der Waals surface area contributed by atoms with Crippen LogP contribution in [0.15, 0.2) is 12.1 Å². The molecule has 1 saturated heterocycles. The minimum atomic E-state index is 0.192. The predicted octanol–water partition coefficient (Wildman–Crippen LogP) is 3.07. The Morgan fingerprint density at radius 3 is 2.86 bits per heavy atom. The molecule has 1 aliphatic heterocycles. The Hall–Kier alpha value is -1.53. The van der Waals surface area contributed by atoms with E-state index in [1.54, 1.807) is 0 Å². The Balaban J connectivity index is 1.75. The van der Waals surface area contributed by atoms with Crippen LogP contribution in [0.2, 0.25) is 0 Å². The van der Waals surface area contributed by atoms with Gasteiger partial charge < -0.3 is 5.73 Å². The molecule has 3 heteroatoms. The highest BCUT2D eigenvalue weighted by molar-refractivity contribution is 5.60. The summed E-state index contributed by atoms with van der Waals surface area (Å²) in [5.41, 5.74) is 10.3. The molecule has 4 rings (SSSR count). The second-order valence-electron chi connectivity index (χ2n) is 7.87. The quantitative estimate of drug-likeness (QED) is 0.853. The van der Waals surface area contributed by atoms with E-state index >= 15 is 0 Å². The van der Waals surface area contributed by atoms with Gasteiger partial charge in [-0.15, -0.1) is 0 Å². The molecule has 22 heavy (non-hydrogen) atoms. The summed E-state index contributed by atoms with van der Waals surface area (Å²) in [5.74, 6) is 1.59. The highest BCUT2D eigenvalue weighted by Crippen LogP contribution is 2.50. The maximum atomic E-state index is 9.30. The van der Waals surface area contributed by atoms with Crippen LogP contribution >= 0.6 is 0 Å². The molecule has 2 aliphatic carbocycles. The van der Waals surface area contributed by atoms with Crippen molar-refractivity contribution in [3.05, 3.63) is 28.8 Å². The summed E-state index contributed by atoms with van der Waals surface area (Å²) in [4.78, 5) is 2.74. The number of fused-ring (bicyclic) bond motifs is 4. The summed E-state index contributed by atoms with van der Waals surface area (Å²) >= 11 is 0. The average molecular weight is 295 g/mol. The van der Waals surface area contributed by atoms with E-state index in [0.717, 1.165) is 12.3 Å². The molecule has 1 aromatic carbocycles. The van der Waals surface area contributed by atoms with Crippen LogP contribution in [0.4, 0.5) is 5.69 Å². The molecule has 3 atom stereocenters. The molecule has 1 unspecified atom stereocenters. The van der Waals surface area contributed by atoms with Gasteiger partial charge >= 0.3 is 0 Å². The number of nitrogen functional groups attached to an aromatic ring is 1. The van der Waals surface area contributed by atoms with Crippen LogP contribution in [0, 0.1) is 23.2 Å². The number of hydrogen-bond donors (Lipinski definition) is 1. The summed E-state index contributed by atoms with van der Waals surface area (Å²) in [6.45, 7) is 7.30. The van der Waals surface area contributed by atoms with Crippen molar-refractivity contribution >= 4 is 5.69 Å². The molecule has 3 aliphatic rings. The van der Waals surface area contributed by atoms with Gasteiger partial charge in [-0.3, -0.25) is 4.90 Å². The van der Waals surface area contributed by atoms with Crippen LogP contribution in [-0.2, 0) is 11.8 Å². The minimum Gasteiger partial charge on any atom is -0.398 e. The van der Waals surface area contributed by atoms with E-state index in [-0.39, 0.29) is 5.41 Å². The fourth-order valence-electron chi connectivity index (χ4n) is 4.74. The van der Waals surface area contributed by atoms with E-state index in [1.807, 2.05) is 0 Å². The smallest absolute Gasteiger partial charge is 0.101 e. The molecule has 1 saturated carbocycles. The number of nitriles is 1. The number of piperidine rings is 1. The third kappa shape index (κ3) is 1.97. The SMILES string of the molecule is CC1[C@@H]2Cc3cc(N)c(C#N)cc3[C@@]1(C)CCN2CC1CC1. The Morgan fingerprint density at radius 2 is 2.18 bits per heavy atom. The fourth-order valence-corrected chi connectivity index (χ4v) is 4.74. The van der Waals surface area contributed by atoms with Gasteiger partial charge in [-0.25, -0.2) is 0 Å². The first-order valence-electron chi connectivity index (χ1n) is 8.60. The van der Waals surface area contributed by atoms with Crippen molar-refractivity contribution in [2.45, 2.75) is 51.0 Å². The Labute approximate surface area is 133 Å². The molecule has 0 aromatic heterocycles. The predicted molar refractivity (Wildman–Crippen MR) is 88.5 cm³/mol. The molecule has 1 heterocycles. The first-order chi connectivity index (χ1) is 10.5. The van der Waals surface area contributed by atoms with Gasteiger partial charge in [-0.1, -0.05) is 13.8 Å². The molecule has 2 fully saturated rings. The summed E-state index contributed by atoms with van der Waals surface area (Å²) < 4.78 is 0. The van der Waals surface area contributed by atoms with Gasteiger partial charge in [0.25, 0.3) is 0 Å². The Bertz CT molecular complexity index is 655. The van der Waals surface area contributed by atoms with Gasteiger partial charge in [0.2, 0.25) is 0 Å². The van der Waals surface area contributed by atoms with Crippen LogP contribution in [0.5, 0.6) is 0 Å². The van der Waals surface area contributed by atoms with E-state index in [2.05, 4.69) is 36.9 Å². The molecular weight excluding hydrogens is 270 g/mol. The van der Waals surface area contributed by atoms with Crippen molar-refractivity contribution in [3.63, 3.8) is 0 Å². The molecule has 1 aromatic rings. The van der Waals surface area contributed by atoms with Crippen LogP contribution in [0.1, 0.15) is 49.8 Å². The molecule has 0 amide bonds. The summed E-state index contributed by atoms with van der Waals surface area (Å²) in [7, 11) is 0. The van der Waals surface area contributed by atoms with E-state index in [9.17, 15) is 5.26 Å². The lowest BCUT2D eigenvalue weighted by Gasteiger charge is -2.55. The van der Waals surface area contributed by atoms with Crippen LogP contribution in [0.25, 0.3) is 0 Å². The highest BCUT2D eigenvalue weighted by atomic mass is 15.2. The molecule has 0 spiro atoms. The van der Waals surface area contributed by atoms with Gasteiger partial charge in [0.15, 0.2) is 0 Å². The standard InChI is InChI=1S/C19H25N3/c1-12-18-9-14-8-17(21)15(10-20)7-16(14)19(12,2)5-6-22(18)11-13-3-4-13/h7-8,12-13,18H,3-6,9,11,21H2,1-2H3/t12?,18-,19-/m0/s1. The summed E-state index contributed by atoms with van der Waals surface area (Å²) in [6, 6.07) is 7.05. The van der Waals surface area contributed by atoms with E-state index in [0.29, 0.717) is 23.2 Å². The normalized spacial score (nSPS) is 34.0. The Morgan fingerprint density at radius 1 is 1.41 bits per heavy atom. The molecule has 2 bridgehead atoms. The third-order valence-corrected chi connectivity index (χ3v) is 6.60. The second kappa shape index (κ2) is 4.73. The minimum absolute atomic E-state index is 0.192. The largest absolute Gasteiger partial charge is 0.398 e. The number of anilines is 1. The maximum Gasteiger partial charge on any atom is 0.101 e. The van der Waals surface area contributed by atoms with Gasteiger partial charge in [0, 0.05) is 18.3 Å². The lowest BCUT2D eigenvalue weighted by atomic mass is 9.58. The first kappa shape index (κ1) is 14.1. The average Bonchev–Trinajstić information content (AvgIpc) is 3.30. The number of likely N-dealkylation sites (tertiary alicyclic amines) is 1. The van der Waals surface area contributed by atoms with Gasteiger partial charge in [-0.05, 0) is 72.7 Å². The molecule has 3 nitrogen and oxygen atoms in total. The van der Waals surface area contributed by atoms with Crippen molar-refractivity contribution in [2.75, 3.05) is 18.8 Å². The van der Waals surface area contributed by atoms with E-state index in [1.165, 1.54) is 43.5 Å². The van der Waals surface area contributed by atoms with Gasteiger partial charge in [-0.2, -0.15) is 5.26 Å². The van der Waals surface area contributed by atoms with E-state index < -0.39 is 0 Å². The number of rotatable bonds is 2. The monoisotopic (exact) mass is 295 g/mol. The lowest BCUT2D eigenvalue weighted by Crippen LogP contribution is -2.58. The molecule has 116 valence electrons. The first-order valence-corrected chi connectivity index (χ1v) is 8.60. The number of nitrogens with two attached hydrogens (primary N) is 1. The van der Waals surface area contributed by atoms with Crippen molar-refractivity contribution in [1.82, 2.24) is 4.90 Å². The van der Waals surface area contributed by atoms with Crippen molar-refractivity contribution in [2.24, 2.45) is 11.8 Å². The lowest BCUT2D eigenvalue weighted by molar-refractivity contribution is 0.0284. The van der Waals surface area contributed by atoms with Crippen LogP contribution in [-0.4, -0.2) is 24.0 Å². The maximum absolute atomic E-state index is 9.30. The topological polar surface area (TPSA) is 53.1 Å². The molecular formula is C19H25N3. The fraction of sp³-hybridized carbons (Fsp3) is 0.632. The number of benzene rings is 1. The van der Waals surface area contributed by atoms with Crippen molar-refractivity contribution in [3.8, 4) is 6.07 Å². The summed E-state index contributed by atoms with van der Waals surface area (Å²) in [6.07, 6.45) is 5.13. The number of nitrogens with zero attached hydrogens (tertiary/aromatic N) is 2. The second-order valence-corrected chi connectivity index (χ2v) is 7.87. The Kier molecular flexibility index (Phi) is 3.03. The van der Waals surface area contributed by atoms with Gasteiger partial charge in [0.05, 0.1) is 5.56 Å².